The van der Waals surface area contributed by atoms with Gasteiger partial charge in [0.05, 0.1) is 22.1 Å². The van der Waals surface area contributed by atoms with Gasteiger partial charge >= 0.3 is 0 Å². The molecule has 0 fully saturated rings. The van der Waals surface area contributed by atoms with E-state index in [9.17, 15) is 0 Å². The fourth-order valence-corrected chi connectivity index (χ4v) is 9.97. The molecule has 0 N–H and O–H groups in total. The molecule has 0 saturated heterocycles. The molecule has 0 saturated carbocycles. The summed E-state index contributed by atoms with van der Waals surface area (Å²) in [5.74, 6) is 0. The minimum Gasteiger partial charge on any atom is -0.309 e. The highest BCUT2D eigenvalue weighted by atomic mass is 15.0. The van der Waals surface area contributed by atoms with Crippen LogP contribution in [0.4, 0.5) is 0 Å². The molecule has 0 unspecified atom stereocenters. The van der Waals surface area contributed by atoms with Gasteiger partial charge in [-0.05, 0) is 148 Å². The second-order valence-corrected chi connectivity index (χ2v) is 16.6. The fraction of sp³-hybridized carbons (Fsp3) is 0.158. The van der Waals surface area contributed by atoms with Crippen LogP contribution in [0.2, 0.25) is 0 Å². The number of aryl methyl sites for hydroxylation is 2. The normalized spacial score (nSPS) is 12.2. The van der Waals surface area contributed by atoms with Crippen LogP contribution in [-0.2, 0) is 19.3 Å². The van der Waals surface area contributed by atoms with Gasteiger partial charge in [-0.25, -0.2) is 0 Å². The van der Waals surface area contributed by atoms with Crippen molar-refractivity contribution in [3.63, 3.8) is 0 Å². The van der Waals surface area contributed by atoms with E-state index in [1.807, 2.05) is 0 Å². The third-order valence-electron chi connectivity index (χ3n) is 13.0. The molecule has 2 heterocycles. The largest absolute Gasteiger partial charge is 0.309 e. The summed E-state index contributed by atoms with van der Waals surface area (Å²) in [6.45, 7) is 4.55. The first kappa shape index (κ1) is 35.5. The van der Waals surface area contributed by atoms with Gasteiger partial charge in [-0.15, -0.1) is 0 Å². The van der Waals surface area contributed by atoms with Gasteiger partial charge in [0.25, 0.3) is 0 Å². The summed E-state index contributed by atoms with van der Waals surface area (Å²) in [6.07, 6.45) is 7.91. The highest BCUT2D eigenvalue weighted by Crippen LogP contribution is 2.43. The van der Waals surface area contributed by atoms with Gasteiger partial charge in [-0.2, -0.15) is 0 Å². The Balaban J connectivity index is 0.985. The smallest absolute Gasteiger partial charge is 0.0541 e. The van der Waals surface area contributed by atoms with Crippen LogP contribution < -0.4 is 0 Å². The monoisotopic (exact) mass is 760 g/mol. The first-order valence-corrected chi connectivity index (χ1v) is 21.7. The topological polar surface area (TPSA) is 9.86 Å². The van der Waals surface area contributed by atoms with E-state index in [-0.39, 0.29) is 0 Å². The third kappa shape index (κ3) is 5.92. The Morgan fingerprint density at radius 2 is 0.763 bits per heavy atom. The van der Waals surface area contributed by atoms with Gasteiger partial charge in [-0.1, -0.05) is 136 Å². The van der Waals surface area contributed by atoms with E-state index in [0.717, 1.165) is 19.3 Å². The number of unbranched alkanes of at least 4 members (excludes halogenated alkanes) is 2. The number of rotatable bonds is 10. The van der Waals surface area contributed by atoms with E-state index >= 15 is 0 Å². The van der Waals surface area contributed by atoms with Gasteiger partial charge in [0.1, 0.15) is 0 Å². The minimum absolute atomic E-state index is 0.971. The van der Waals surface area contributed by atoms with Crippen molar-refractivity contribution in [3.05, 3.63) is 192 Å². The summed E-state index contributed by atoms with van der Waals surface area (Å²) >= 11 is 0. The molecule has 286 valence electrons. The van der Waals surface area contributed by atoms with Crippen LogP contribution in [0.1, 0.15) is 61.8 Å². The predicted octanol–water partition coefficient (Wildman–Crippen LogP) is 15.5. The second kappa shape index (κ2) is 14.6. The summed E-state index contributed by atoms with van der Waals surface area (Å²) in [5, 5.41) is 5.19. The quantitative estimate of drug-likeness (QED) is 0.131. The number of benzene rings is 8. The molecule has 59 heavy (non-hydrogen) atoms. The number of hydrogen-bond donors (Lipinski definition) is 0. The Kier molecular flexibility index (Phi) is 8.81. The molecule has 0 amide bonds. The predicted molar refractivity (Wildman–Crippen MR) is 251 cm³/mol. The maximum atomic E-state index is 2.49. The maximum Gasteiger partial charge on any atom is 0.0541 e. The maximum absolute atomic E-state index is 2.49. The lowest BCUT2D eigenvalue weighted by atomic mass is 9.95. The summed E-state index contributed by atoms with van der Waals surface area (Å²) in [5.41, 5.74) is 21.0. The number of hydrogen-bond acceptors (Lipinski definition) is 0. The molecule has 0 atom stereocenters. The molecule has 11 rings (SSSR count). The lowest BCUT2D eigenvalue weighted by Crippen LogP contribution is -1.99. The van der Waals surface area contributed by atoms with E-state index in [1.165, 1.54) is 136 Å². The molecular formula is C57H48N2. The van der Waals surface area contributed by atoms with Crippen molar-refractivity contribution in [2.75, 3.05) is 0 Å². The molecule has 0 aliphatic heterocycles. The van der Waals surface area contributed by atoms with Crippen molar-refractivity contribution in [2.24, 2.45) is 0 Å². The summed E-state index contributed by atoms with van der Waals surface area (Å²) < 4.78 is 4.98. The molecule has 2 aromatic heterocycles. The van der Waals surface area contributed by atoms with Gasteiger partial charge in [0, 0.05) is 32.9 Å². The number of fused-ring (bicyclic) bond motifs is 9. The van der Waals surface area contributed by atoms with E-state index in [2.05, 4.69) is 193 Å². The number of nitrogens with zero attached hydrogens (tertiary/aromatic N) is 2. The Morgan fingerprint density at radius 3 is 1.24 bits per heavy atom. The van der Waals surface area contributed by atoms with Crippen LogP contribution in [0, 0.1) is 0 Å². The van der Waals surface area contributed by atoms with E-state index in [1.54, 1.807) is 0 Å². The molecule has 10 aromatic rings. The first-order valence-electron chi connectivity index (χ1n) is 21.7. The van der Waals surface area contributed by atoms with Crippen molar-refractivity contribution in [1.82, 2.24) is 9.13 Å². The van der Waals surface area contributed by atoms with Crippen LogP contribution in [0.3, 0.4) is 0 Å². The van der Waals surface area contributed by atoms with E-state index < -0.39 is 0 Å². The van der Waals surface area contributed by atoms with Crippen LogP contribution in [0.15, 0.2) is 170 Å². The SMILES string of the molecule is CCCCc1ccccc1-n1c2ccccc2c2cc(-c3ccc4c(c3)-c3cc(-c5ccc6c(c5)c5ccccc5n6-c5ccccc5CCCC)ccc3C4)ccc21. The van der Waals surface area contributed by atoms with Crippen molar-refractivity contribution in [3.8, 4) is 44.8 Å². The zero-order valence-corrected chi connectivity index (χ0v) is 34.0. The average Bonchev–Trinajstić information content (AvgIpc) is 3.94. The van der Waals surface area contributed by atoms with Crippen molar-refractivity contribution in [1.29, 1.82) is 0 Å². The zero-order valence-electron chi connectivity index (χ0n) is 34.0. The standard InChI is InChI=1S/C57H48N2/c1-3-5-15-38-17-7-11-21-52(38)58-54-23-13-9-19-46(54)50-36-42(29-31-56(50)58)40-25-27-44-33-45-28-26-41(35-49(45)48(44)34-40)43-30-32-57-51(37-43)47-20-10-14-24-55(47)59(57)53-22-12-8-18-39(53)16-6-4-2/h7-14,17-32,34-37H,3-6,15-16,33H2,1-2H3. The molecule has 1 aliphatic carbocycles. The number of aromatic nitrogens is 2. The Morgan fingerprint density at radius 1 is 0.373 bits per heavy atom. The lowest BCUT2D eigenvalue weighted by Gasteiger charge is -2.14. The van der Waals surface area contributed by atoms with Gasteiger partial charge in [-0.3, -0.25) is 0 Å². The Hall–Kier alpha value is -6.64. The molecule has 8 aromatic carbocycles. The molecule has 1 aliphatic rings. The molecule has 2 nitrogen and oxygen atoms in total. The van der Waals surface area contributed by atoms with E-state index in [0.29, 0.717) is 0 Å². The molecule has 0 bridgehead atoms. The molecular weight excluding hydrogens is 713 g/mol. The number of para-hydroxylation sites is 4. The molecule has 2 heteroatoms. The molecule has 0 spiro atoms. The Labute approximate surface area is 347 Å². The highest BCUT2D eigenvalue weighted by Gasteiger charge is 2.22. The van der Waals surface area contributed by atoms with Gasteiger partial charge in [0.15, 0.2) is 0 Å². The summed E-state index contributed by atoms with van der Waals surface area (Å²) in [7, 11) is 0. The van der Waals surface area contributed by atoms with Crippen LogP contribution in [0.25, 0.3) is 88.4 Å². The third-order valence-corrected chi connectivity index (χ3v) is 13.0. The van der Waals surface area contributed by atoms with Crippen LogP contribution in [0.5, 0.6) is 0 Å². The Bertz CT molecular complexity index is 3010. The van der Waals surface area contributed by atoms with Crippen molar-refractivity contribution < 1.29 is 0 Å². The zero-order chi connectivity index (χ0) is 39.5. The highest BCUT2D eigenvalue weighted by molar-refractivity contribution is 6.12. The van der Waals surface area contributed by atoms with Gasteiger partial charge in [0.2, 0.25) is 0 Å². The summed E-state index contributed by atoms with van der Waals surface area (Å²) in [6, 6.07) is 64.2. The second-order valence-electron chi connectivity index (χ2n) is 16.6. The minimum atomic E-state index is 0.971. The van der Waals surface area contributed by atoms with Crippen LogP contribution in [-0.4, -0.2) is 9.13 Å². The average molecular weight is 761 g/mol. The van der Waals surface area contributed by atoms with Crippen molar-refractivity contribution >= 4 is 43.6 Å². The fourth-order valence-electron chi connectivity index (χ4n) is 9.97. The van der Waals surface area contributed by atoms with Crippen molar-refractivity contribution in [2.45, 2.75) is 58.8 Å². The first-order chi connectivity index (χ1) is 29.2. The lowest BCUT2D eigenvalue weighted by molar-refractivity contribution is 0.791. The van der Waals surface area contributed by atoms with Gasteiger partial charge < -0.3 is 9.13 Å². The molecule has 0 radical (unpaired) electrons. The van der Waals surface area contributed by atoms with E-state index in [4.69, 9.17) is 0 Å². The summed E-state index contributed by atoms with van der Waals surface area (Å²) in [4.78, 5) is 0. The van der Waals surface area contributed by atoms with Crippen LogP contribution >= 0.6 is 0 Å².